The van der Waals surface area contributed by atoms with E-state index in [4.69, 9.17) is 5.73 Å². The first-order valence-corrected chi connectivity index (χ1v) is 5.17. The van der Waals surface area contributed by atoms with Gasteiger partial charge in [0.05, 0.1) is 5.56 Å². The number of carbonyl (C=O) groups excluding carboxylic acids is 2. The number of hydrogen-bond acceptors (Lipinski definition) is 3. The van der Waals surface area contributed by atoms with E-state index < -0.39 is 0 Å². The van der Waals surface area contributed by atoms with Gasteiger partial charge in [-0.3, -0.25) is 9.59 Å². The van der Waals surface area contributed by atoms with E-state index in [1.807, 2.05) is 0 Å². The Hall–Kier alpha value is -2.04. The summed E-state index contributed by atoms with van der Waals surface area (Å²) >= 11 is 0. The average molecular weight is 235 g/mol. The van der Waals surface area contributed by atoms with Crippen molar-refractivity contribution in [1.82, 2.24) is 9.80 Å². The molecule has 0 atom stereocenters. The molecule has 5 heteroatoms. The Bertz CT molecular complexity index is 453. The third kappa shape index (κ3) is 2.75. The van der Waals surface area contributed by atoms with Crippen LogP contribution >= 0.6 is 0 Å². The first-order valence-electron chi connectivity index (χ1n) is 5.17. The van der Waals surface area contributed by atoms with Crippen molar-refractivity contribution in [2.45, 2.75) is 0 Å². The van der Waals surface area contributed by atoms with Crippen molar-refractivity contribution < 1.29 is 9.59 Å². The van der Waals surface area contributed by atoms with E-state index in [0.717, 1.165) is 0 Å². The molecule has 17 heavy (non-hydrogen) atoms. The molecule has 92 valence electrons. The van der Waals surface area contributed by atoms with Crippen molar-refractivity contribution in [2.24, 2.45) is 0 Å². The molecular formula is C12H17N3O2. The van der Waals surface area contributed by atoms with Gasteiger partial charge in [-0.15, -0.1) is 0 Å². The second-order valence-corrected chi connectivity index (χ2v) is 4.20. The largest absolute Gasteiger partial charge is 0.398 e. The molecule has 1 aromatic carbocycles. The second kappa shape index (κ2) is 4.86. The highest BCUT2D eigenvalue weighted by molar-refractivity contribution is 6.01. The number of nitrogen functional groups attached to an aromatic ring is 1. The van der Waals surface area contributed by atoms with Crippen molar-refractivity contribution in [3.8, 4) is 0 Å². The lowest BCUT2D eigenvalue weighted by Gasteiger charge is -2.14. The van der Waals surface area contributed by atoms with E-state index in [2.05, 4.69) is 0 Å². The number of amides is 2. The van der Waals surface area contributed by atoms with Crippen molar-refractivity contribution in [1.29, 1.82) is 0 Å². The van der Waals surface area contributed by atoms with Crippen LogP contribution in [0, 0.1) is 0 Å². The van der Waals surface area contributed by atoms with Crippen LogP contribution < -0.4 is 5.73 Å². The fourth-order valence-electron chi connectivity index (χ4n) is 1.39. The molecule has 1 rings (SSSR count). The van der Waals surface area contributed by atoms with Crippen molar-refractivity contribution in [2.75, 3.05) is 33.9 Å². The standard InChI is InChI=1S/C12H17N3O2/c1-14(2)11(16)8-5-6-9(10(13)7-8)12(17)15(3)4/h5-7H,13H2,1-4H3. The zero-order chi connectivity index (χ0) is 13.2. The molecule has 0 aliphatic rings. The van der Waals surface area contributed by atoms with Gasteiger partial charge in [0.2, 0.25) is 0 Å². The maximum atomic E-state index is 11.7. The number of benzene rings is 1. The second-order valence-electron chi connectivity index (χ2n) is 4.20. The highest BCUT2D eigenvalue weighted by atomic mass is 16.2. The zero-order valence-corrected chi connectivity index (χ0v) is 10.5. The lowest BCUT2D eigenvalue weighted by molar-refractivity contribution is 0.0817. The normalized spacial score (nSPS) is 9.88. The Morgan fingerprint density at radius 2 is 1.53 bits per heavy atom. The predicted molar refractivity (Wildman–Crippen MR) is 66.9 cm³/mol. The molecule has 0 unspecified atom stereocenters. The van der Waals surface area contributed by atoms with Crippen LogP contribution in [0.25, 0.3) is 0 Å². The Morgan fingerprint density at radius 3 is 1.94 bits per heavy atom. The Kier molecular flexibility index (Phi) is 3.73. The number of nitrogens with zero attached hydrogens (tertiary/aromatic N) is 2. The Labute approximate surface area is 101 Å². The molecule has 0 saturated carbocycles. The molecule has 0 radical (unpaired) electrons. The molecule has 2 amide bonds. The highest BCUT2D eigenvalue weighted by Crippen LogP contribution is 2.16. The van der Waals surface area contributed by atoms with E-state index in [9.17, 15) is 9.59 Å². The van der Waals surface area contributed by atoms with Gasteiger partial charge < -0.3 is 15.5 Å². The summed E-state index contributed by atoms with van der Waals surface area (Å²) in [6, 6.07) is 4.71. The van der Waals surface area contributed by atoms with Gasteiger partial charge in [-0.25, -0.2) is 0 Å². The molecule has 0 aromatic heterocycles. The number of hydrogen-bond donors (Lipinski definition) is 1. The molecule has 0 aliphatic heterocycles. The summed E-state index contributed by atoms with van der Waals surface area (Å²) in [6.07, 6.45) is 0. The number of nitrogens with two attached hydrogens (primary N) is 1. The monoisotopic (exact) mass is 235 g/mol. The van der Waals surface area contributed by atoms with Gasteiger partial charge in [0.15, 0.2) is 0 Å². The van der Waals surface area contributed by atoms with Gasteiger partial charge in [0.25, 0.3) is 11.8 Å². The first-order chi connectivity index (χ1) is 7.84. The topological polar surface area (TPSA) is 66.6 Å². The Morgan fingerprint density at radius 1 is 1.00 bits per heavy atom. The fourth-order valence-corrected chi connectivity index (χ4v) is 1.39. The van der Waals surface area contributed by atoms with Crippen LogP contribution in [-0.4, -0.2) is 49.8 Å². The third-order valence-corrected chi connectivity index (χ3v) is 2.34. The van der Waals surface area contributed by atoms with E-state index in [-0.39, 0.29) is 11.8 Å². The maximum absolute atomic E-state index is 11.7. The molecule has 0 fully saturated rings. The predicted octanol–water partition coefficient (Wildman–Crippen LogP) is 0.672. The molecule has 1 aromatic rings. The van der Waals surface area contributed by atoms with E-state index in [1.165, 1.54) is 15.9 Å². The van der Waals surface area contributed by atoms with E-state index in [0.29, 0.717) is 16.8 Å². The van der Waals surface area contributed by atoms with Gasteiger partial charge in [0.1, 0.15) is 0 Å². The van der Waals surface area contributed by atoms with Crippen LogP contribution in [0.2, 0.25) is 0 Å². The lowest BCUT2D eigenvalue weighted by Crippen LogP contribution is -2.24. The van der Waals surface area contributed by atoms with Gasteiger partial charge in [0, 0.05) is 39.4 Å². The highest BCUT2D eigenvalue weighted by Gasteiger charge is 2.15. The summed E-state index contributed by atoms with van der Waals surface area (Å²) < 4.78 is 0. The van der Waals surface area contributed by atoms with Gasteiger partial charge in [-0.1, -0.05) is 0 Å². The average Bonchev–Trinajstić information content (AvgIpc) is 2.26. The summed E-state index contributed by atoms with van der Waals surface area (Å²) in [5, 5.41) is 0. The minimum absolute atomic E-state index is 0.138. The smallest absolute Gasteiger partial charge is 0.255 e. The summed E-state index contributed by atoms with van der Waals surface area (Å²) in [4.78, 5) is 26.3. The van der Waals surface area contributed by atoms with Crippen molar-refractivity contribution in [3.63, 3.8) is 0 Å². The maximum Gasteiger partial charge on any atom is 0.255 e. The van der Waals surface area contributed by atoms with Crippen LogP contribution in [0.15, 0.2) is 18.2 Å². The fraction of sp³-hybridized carbons (Fsp3) is 0.333. The molecular weight excluding hydrogens is 218 g/mol. The van der Waals surface area contributed by atoms with Crippen LogP contribution in [0.1, 0.15) is 20.7 Å². The molecule has 5 nitrogen and oxygen atoms in total. The molecule has 0 saturated heterocycles. The summed E-state index contributed by atoms with van der Waals surface area (Å²) in [7, 11) is 6.64. The quantitative estimate of drug-likeness (QED) is 0.766. The summed E-state index contributed by atoms with van der Waals surface area (Å²) in [6.45, 7) is 0. The van der Waals surface area contributed by atoms with Crippen LogP contribution in [0.5, 0.6) is 0 Å². The molecule has 2 N–H and O–H groups in total. The van der Waals surface area contributed by atoms with E-state index >= 15 is 0 Å². The third-order valence-electron chi connectivity index (χ3n) is 2.34. The molecule has 0 heterocycles. The Balaban J connectivity index is 3.10. The number of rotatable bonds is 2. The summed E-state index contributed by atoms with van der Waals surface area (Å²) in [5.41, 5.74) is 6.98. The van der Waals surface area contributed by atoms with Gasteiger partial charge >= 0.3 is 0 Å². The van der Waals surface area contributed by atoms with Crippen molar-refractivity contribution in [3.05, 3.63) is 29.3 Å². The van der Waals surface area contributed by atoms with E-state index in [1.54, 1.807) is 40.3 Å². The lowest BCUT2D eigenvalue weighted by atomic mass is 10.1. The number of carbonyl (C=O) groups is 2. The van der Waals surface area contributed by atoms with Crippen LogP contribution in [0.3, 0.4) is 0 Å². The van der Waals surface area contributed by atoms with Gasteiger partial charge in [-0.2, -0.15) is 0 Å². The zero-order valence-electron chi connectivity index (χ0n) is 10.5. The van der Waals surface area contributed by atoms with Crippen LogP contribution in [-0.2, 0) is 0 Å². The first kappa shape index (κ1) is 13.0. The molecule has 0 bridgehead atoms. The molecule has 0 aliphatic carbocycles. The minimum atomic E-state index is -0.175. The minimum Gasteiger partial charge on any atom is -0.398 e. The number of anilines is 1. The van der Waals surface area contributed by atoms with Gasteiger partial charge in [-0.05, 0) is 18.2 Å². The van der Waals surface area contributed by atoms with Crippen LogP contribution in [0.4, 0.5) is 5.69 Å². The van der Waals surface area contributed by atoms with Crippen molar-refractivity contribution >= 4 is 17.5 Å². The SMILES string of the molecule is CN(C)C(=O)c1ccc(C(=O)N(C)C)c(N)c1. The molecule has 0 spiro atoms. The summed E-state index contributed by atoms with van der Waals surface area (Å²) in [5.74, 6) is -0.313.